The Morgan fingerprint density at radius 2 is 1.82 bits per heavy atom. The Balaban J connectivity index is 0.00000324. The Morgan fingerprint density at radius 3 is 2.39 bits per heavy atom. The normalized spacial score (nSPS) is 19.3. The van der Waals surface area contributed by atoms with E-state index in [9.17, 15) is 22.8 Å². The van der Waals surface area contributed by atoms with Gasteiger partial charge in [-0.3, -0.25) is 14.9 Å². The summed E-state index contributed by atoms with van der Waals surface area (Å²) < 4.78 is 46.1. The van der Waals surface area contributed by atoms with Gasteiger partial charge in [0.1, 0.15) is 11.4 Å². The van der Waals surface area contributed by atoms with Crippen LogP contribution < -0.4 is 10.1 Å². The second-order valence-electron chi connectivity index (χ2n) is 9.38. The number of amides is 1. The van der Waals surface area contributed by atoms with Crippen molar-refractivity contribution in [2.75, 3.05) is 20.2 Å². The van der Waals surface area contributed by atoms with Crippen LogP contribution in [-0.4, -0.2) is 58.1 Å². The number of ether oxygens (including phenoxy) is 1. The molecule has 0 radical (unpaired) electrons. The summed E-state index contributed by atoms with van der Waals surface area (Å²) in [6.07, 6.45) is -3.93. The summed E-state index contributed by atoms with van der Waals surface area (Å²) in [5, 5.41) is 3.60. The fraction of sp³-hybridized carbons (Fsp3) is 0.522. The van der Waals surface area contributed by atoms with Gasteiger partial charge in [-0.1, -0.05) is 0 Å². The number of hydrogen-bond acceptors (Lipinski definition) is 5. The van der Waals surface area contributed by atoms with E-state index in [0.717, 1.165) is 0 Å². The Kier molecular flexibility index (Phi) is 5.55. The molecule has 0 aliphatic carbocycles. The molecule has 4 heterocycles. The molecule has 4 rings (SSSR count). The Bertz CT molecular complexity index is 1110. The highest BCUT2D eigenvalue weighted by Gasteiger charge is 2.49. The molecule has 180 valence electrons. The van der Waals surface area contributed by atoms with Crippen molar-refractivity contribution >= 4 is 11.7 Å². The summed E-state index contributed by atoms with van der Waals surface area (Å²) in [4.78, 5) is 31.1. The first kappa shape index (κ1) is 23.3. The van der Waals surface area contributed by atoms with Crippen LogP contribution in [0.4, 0.5) is 13.2 Å². The molecule has 1 amide bonds. The number of methoxy groups -OCH3 is 1. The molecule has 0 aromatic carbocycles. The number of hydrogen-bond donors (Lipinski definition) is 1. The second kappa shape index (κ2) is 7.86. The zero-order valence-corrected chi connectivity index (χ0v) is 19.0. The standard InChI is InChI=1S/C23H27F3N4O3.H2/c1-14-17(33-4)7-5-15(27-14)20(32)29-11-9-22(10-12-29)18-8-6-16(19(31)23(24,25)26)30(18)13-21(2,3)28-22;/h5-8,28H,9-13H2,1-4H3;1H. The van der Waals surface area contributed by atoms with Gasteiger partial charge in [0.15, 0.2) is 0 Å². The van der Waals surface area contributed by atoms with E-state index in [2.05, 4.69) is 10.3 Å². The number of nitrogens with one attached hydrogen (secondary N) is 1. The number of fused-ring (bicyclic) bond motifs is 2. The van der Waals surface area contributed by atoms with Gasteiger partial charge in [0.2, 0.25) is 0 Å². The number of likely N-dealkylation sites (tertiary alicyclic amines) is 1. The maximum atomic E-state index is 13.1. The Hall–Kier alpha value is -2.88. The van der Waals surface area contributed by atoms with Crippen LogP contribution in [0.25, 0.3) is 0 Å². The maximum Gasteiger partial charge on any atom is 0.456 e. The lowest BCUT2D eigenvalue weighted by molar-refractivity contribution is -0.0892. The van der Waals surface area contributed by atoms with E-state index >= 15 is 0 Å². The first-order valence-electron chi connectivity index (χ1n) is 10.8. The summed E-state index contributed by atoms with van der Waals surface area (Å²) >= 11 is 0. The number of aromatic nitrogens is 2. The second-order valence-corrected chi connectivity index (χ2v) is 9.38. The topological polar surface area (TPSA) is 76.5 Å². The van der Waals surface area contributed by atoms with E-state index in [0.29, 0.717) is 48.8 Å². The van der Waals surface area contributed by atoms with E-state index in [1.54, 1.807) is 30.0 Å². The van der Waals surface area contributed by atoms with Crippen molar-refractivity contribution in [3.05, 3.63) is 47.0 Å². The SMILES string of the molecule is COc1ccc(C(=O)N2CCC3(CC2)NC(C)(C)Cn2c(C(=O)C(F)(F)F)ccc23)nc1C.[HH]. The van der Waals surface area contributed by atoms with Gasteiger partial charge in [0.25, 0.3) is 11.7 Å². The third-order valence-electron chi connectivity index (χ3n) is 6.47. The molecule has 0 atom stereocenters. The molecule has 0 unspecified atom stereocenters. The first-order valence-corrected chi connectivity index (χ1v) is 10.8. The number of piperidine rings is 1. The van der Waals surface area contributed by atoms with Gasteiger partial charge in [-0.15, -0.1) is 0 Å². The molecule has 10 heteroatoms. The van der Waals surface area contributed by atoms with E-state index in [-0.39, 0.29) is 19.6 Å². The number of carbonyl (C=O) groups is 2. The molecule has 1 N–H and O–H groups in total. The maximum absolute atomic E-state index is 13.1. The van der Waals surface area contributed by atoms with Gasteiger partial charge in [0, 0.05) is 32.3 Å². The minimum atomic E-state index is -4.93. The lowest BCUT2D eigenvalue weighted by Gasteiger charge is -2.51. The lowest BCUT2D eigenvalue weighted by Crippen LogP contribution is -2.63. The van der Waals surface area contributed by atoms with E-state index < -0.39 is 23.0 Å². The number of pyridine rings is 1. The summed E-state index contributed by atoms with van der Waals surface area (Å²) in [6.45, 7) is 6.63. The van der Waals surface area contributed by atoms with Crippen molar-refractivity contribution < 1.29 is 28.9 Å². The summed E-state index contributed by atoms with van der Waals surface area (Å²) in [6, 6.07) is 6.20. The van der Waals surface area contributed by atoms with Crippen molar-refractivity contribution in [2.24, 2.45) is 0 Å². The minimum Gasteiger partial charge on any atom is -0.495 e. The van der Waals surface area contributed by atoms with Crippen LogP contribution in [-0.2, 0) is 12.1 Å². The van der Waals surface area contributed by atoms with Gasteiger partial charge >= 0.3 is 6.18 Å². The predicted molar refractivity (Wildman–Crippen MR) is 116 cm³/mol. The Morgan fingerprint density at radius 1 is 1.15 bits per heavy atom. The number of ketones is 1. The lowest BCUT2D eigenvalue weighted by atomic mass is 9.79. The van der Waals surface area contributed by atoms with Crippen LogP contribution >= 0.6 is 0 Å². The smallest absolute Gasteiger partial charge is 0.456 e. The third-order valence-corrected chi connectivity index (χ3v) is 6.47. The summed E-state index contributed by atoms with van der Waals surface area (Å²) in [5.41, 5.74) is 0.0805. The van der Waals surface area contributed by atoms with Gasteiger partial charge in [0.05, 0.1) is 24.0 Å². The quantitative estimate of drug-likeness (QED) is 0.698. The molecule has 0 saturated carbocycles. The molecule has 7 nitrogen and oxygen atoms in total. The highest BCUT2D eigenvalue weighted by Crippen LogP contribution is 2.41. The number of rotatable bonds is 3. The molecule has 0 bridgehead atoms. The largest absolute Gasteiger partial charge is 0.495 e. The molecular formula is C23H29F3N4O3. The third kappa shape index (κ3) is 4.12. The molecule has 1 saturated heterocycles. The van der Waals surface area contributed by atoms with E-state index in [4.69, 9.17) is 4.74 Å². The zero-order valence-electron chi connectivity index (χ0n) is 19.0. The van der Waals surface area contributed by atoms with Gasteiger partial charge in [-0.25, -0.2) is 4.98 Å². The zero-order chi connectivity index (χ0) is 24.2. The van der Waals surface area contributed by atoms with Crippen molar-refractivity contribution in [1.82, 2.24) is 19.8 Å². The number of Topliss-reactive ketones (excluding diaryl/α,β-unsaturated/α-hetero) is 1. The van der Waals surface area contributed by atoms with E-state index in [1.807, 2.05) is 13.8 Å². The predicted octanol–water partition coefficient (Wildman–Crippen LogP) is 3.70. The van der Waals surface area contributed by atoms with Crippen molar-refractivity contribution in [3.63, 3.8) is 0 Å². The molecule has 1 spiro atoms. The molecule has 2 aromatic rings. The van der Waals surface area contributed by atoms with Gasteiger partial charge in [-0.2, -0.15) is 13.2 Å². The van der Waals surface area contributed by atoms with Crippen molar-refractivity contribution in [2.45, 2.75) is 57.4 Å². The first-order chi connectivity index (χ1) is 15.4. The molecule has 2 aliphatic rings. The van der Waals surface area contributed by atoms with E-state index in [1.165, 1.54) is 17.7 Å². The van der Waals surface area contributed by atoms with Crippen LogP contribution in [0.2, 0.25) is 0 Å². The highest BCUT2D eigenvalue weighted by molar-refractivity contribution is 5.99. The number of aryl methyl sites for hydroxylation is 1. The average molecular weight is 467 g/mol. The van der Waals surface area contributed by atoms with Crippen LogP contribution in [0.1, 0.15) is 60.5 Å². The fourth-order valence-electron chi connectivity index (χ4n) is 5.06. The summed E-state index contributed by atoms with van der Waals surface area (Å²) in [7, 11) is 1.54. The minimum absolute atomic E-state index is 0. The number of carbonyl (C=O) groups excluding carboxylic acids is 2. The molecule has 2 aliphatic heterocycles. The summed E-state index contributed by atoms with van der Waals surface area (Å²) in [5.74, 6) is -1.44. The molecular weight excluding hydrogens is 437 g/mol. The number of halogens is 3. The van der Waals surface area contributed by atoms with Gasteiger partial charge < -0.3 is 14.2 Å². The average Bonchev–Trinajstić information content (AvgIpc) is 3.15. The number of alkyl halides is 3. The highest BCUT2D eigenvalue weighted by atomic mass is 19.4. The molecule has 1 fully saturated rings. The monoisotopic (exact) mass is 466 g/mol. The number of nitrogens with zero attached hydrogens (tertiary/aromatic N) is 3. The molecule has 2 aromatic heterocycles. The fourth-order valence-corrected chi connectivity index (χ4v) is 5.06. The van der Waals surface area contributed by atoms with Crippen LogP contribution in [0.3, 0.4) is 0 Å². The van der Waals surface area contributed by atoms with Crippen LogP contribution in [0.15, 0.2) is 24.3 Å². The van der Waals surface area contributed by atoms with Crippen molar-refractivity contribution in [3.8, 4) is 5.75 Å². The van der Waals surface area contributed by atoms with Crippen LogP contribution in [0.5, 0.6) is 5.75 Å². The van der Waals surface area contributed by atoms with Gasteiger partial charge in [-0.05, 0) is 57.9 Å². The van der Waals surface area contributed by atoms with Crippen molar-refractivity contribution in [1.29, 1.82) is 0 Å². The molecule has 33 heavy (non-hydrogen) atoms. The van der Waals surface area contributed by atoms with Crippen LogP contribution in [0, 0.1) is 6.92 Å². The Labute approximate surface area is 191 Å².